The summed E-state index contributed by atoms with van der Waals surface area (Å²) in [6.45, 7) is 11.6. The highest BCUT2D eigenvalue weighted by Gasteiger charge is 2.48. The molecule has 0 aromatic heterocycles. The van der Waals surface area contributed by atoms with Gasteiger partial charge in [0.2, 0.25) is 0 Å². The van der Waals surface area contributed by atoms with Crippen molar-refractivity contribution in [3.8, 4) is 0 Å². The number of sulfone groups is 1. The van der Waals surface area contributed by atoms with Crippen molar-refractivity contribution in [2.45, 2.75) is 65.8 Å². The van der Waals surface area contributed by atoms with Crippen LogP contribution >= 0.6 is 48.2 Å². The zero-order chi connectivity index (χ0) is 46.4. The number of ether oxygens (including phenoxy) is 1. The van der Waals surface area contributed by atoms with Gasteiger partial charge in [0.05, 0.1) is 23.8 Å². The predicted molar refractivity (Wildman–Crippen MR) is 266 cm³/mol. The van der Waals surface area contributed by atoms with E-state index in [9.17, 15) is 34.8 Å². The number of hydrogen-bond donors (Lipinski definition) is 2. The average molecular weight is 1050 g/mol. The normalized spacial score (nSPS) is 17.8. The number of nitrogens with zero attached hydrogens (tertiary/aromatic N) is 3. The molecule has 7 rings (SSSR count). The molecule has 366 valence electrons. The van der Waals surface area contributed by atoms with Crippen LogP contribution in [0.25, 0.3) is 5.57 Å². The number of anilines is 2. The van der Waals surface area contributed by atoms with Crippen molar-refractivity contribution in [3.63, 3.8) is 0 Å². The van der Waals surface area contributed by atoms with Gasteiger partial charge in [-0.25, -0.2) is 21.6 Å². The van der Waals surface area contributed by atoms with Crippen LogP contribution in [0.5, 0.6) is 0 Å². The first kappa shape index (κ1) is 54.4. The minimum atomic E-state index is -6.05. The molecule has 11 nitrogen and oxygen atoms in total. The Balaban J connectivity index is 0.00000420. The molecule has 0 saturated carbocycles. The van der Waals surface area contributed by atoms with Gasteiger partial charge in [-0.2, -0.15) is 13.2 Å². The number of allylic oxidation sites excluding steroid dienone is 1. The third-order valence-corrected chi connectivity index (χ3v) is 16.5. The molecule has 2 fully saturated rings. The van der Waals surface area contributed by atoms with Gasteiger partial charge < -0.3 is 15.0 Å². The molecule has 20 heteroatoms. The lowest BCUT2D eigenvalue weighted by atomic mass is 9.73. The van der Waals surface area contributed by atoms with Gasteiger partial charge in [-0.15, -0.1) is 36.6 Å². The Labute approximate surface area is 414 Å². The SMILES string of the molecule is CC1(C)CCC(c2ccc(Cl)cc2)=C(CN2CCN(c3ccc(C(=O)NS(=O)(=O)c4ccc(N[C@H](CCN5CCOCC5)CSc5ccccc5)c(S(=O)(=O)C(F)(F)F)c4)cc3)CC2)C1.Cl.Cl. The van der Waals surface area contributed by atoms with E-state index in [4.69, 9.17) is 16.3 Å². The lowest BCUT2D eigenvalue weighted by Gasteiger charge is -2.39. The van der Waals surface area contributed by atoms with Crippen molar-refractivity contribution >= 4 is 90.9 Å². The van der Waals surface area contributed by atoms with Crippen molar-refractivity contribution in [3.05, 3.63) is 119 Å². The summed E-state index contributed by atoms with van der Waals surface area (Å²) >= 11 is 7.64. The van der Waals surface area contributed by atoms with Crippen LogP contribution < -0.4 is 14.9 Å². The van der Waals surface area contributed by atoms with Crippen molar-refractivity contribution in [1.29, 1.82) is 0 Å². The van der Waals surface area contributed by atoms with E-state index < -0.39 is 52.8 Å². The zero-order valence-electron chi connectivity index (χ0n) is 37.3. The van der Waals surface area contributed by atoms with Crippen LogP contribution in [0.1, 0.15) is 55.5 Å². The summed E-state index contributed by atoms with van der Waals surface area (Å²) in [5, 5.41) is 3.71. The lowest BCUT2D eigenvalue weighted by Crippen LogP contribution is -2.47. The molecule has 2 saturated heterocycles. The summed E-state index contributed by atoms with van der Waals surface area (Å²) in [6.07, 6.45) is 3.60. The quantitative estimate of drug-likeness (QED) is 0.104. The van der Waals surface area contributed by atoms with E-state index in [1.807, 2.05) is 47.2 Å². The molecule has 2 N–H and O–H groups in total. The number of benzene rings is 4. The summed E-state index contributed by atoms with van der Waals surface area (Å²) < 4.78 is 103. The maximum atomic E-state index is 14.2. The highest BCUT2D eigenvalue weighted by atomic mass is 35.5. The summed E-state index contributed by atoms with van der Waals surface area (Å²) in [5.74, 6) is -0.653. The maximum absolute atomic E-state index is 14.2. The fourth-order valence-corrected chi connectivity index (χ4v) is 11.6. The molecule has 0 radical (unpaired) electrons. The van der Waals surface area contributed by atoms with Crippen molar-refractivity contribution in [1.82, 2.24) is 14.5 Å². The highest BCUT2D eigenvalue weighted by Crippen LogP contribution is 2.43. The largest absolute Gasteiger partial charge is 0.501 e. The van der Waals surface area contributed by atoms with Gasteiger partial charge in [-0.3, -0.25) is 14.6 Å². The van der Waals surface area contributed by atoms with Crippen molar-refractivity contribution in [2.24, 2.45) is 5.41 Å². The highest BCUT2D eigenvalue weighted by molar-refractivity contribution is 7.99. The summed E-state index contributed by atoms with van der Waals surface area (Å²) in [6, 6.07) is 25.8. The van der Waals surface area contributed by atoms with Crippen LogP contribution in [-0.2, 0) is 24.6 Å². The second kappa shape index (κ2) is 23.4. The van der Waals surface area contributed by atoms with E-state index in [2.05, 4.69) is 46.0 Å². The number of morpholine rings is 1. The van der Waals surface area contributed by atoms with E-state index in [0.717, 1.165) is 74.7 Å². The Hall–Kier alpha value is -3.52. The molecule has 1 amide bonds. The molecule has 1 atom stereocenters. The number of carbonyl (C=O) groups is 1. The third-order valence-electron chi connectivity index (χ3n) is 12.2. The molecule has 2 heterocycles. The minimum Gasteiger partial charge on any atom is -0.380 e. The Bertz CT molecular complexity index is 2540. The fourth-order valence-electron chi connectivity index (χ4n) is 8.49. The van der Waals surface area contributed by atoms with Gasteiger partial charge in [-0.1, -0.05) is 61.4 Å². The predicted octanol–water partition coefficient (Wildman–Crippen LogP) is 9.68. The Kier molecular flexibility index (Phi) is 19.0. The van der Waals surface area contributed by atoms with Crippen LogP contribution in [0.15, 0.2) is 117 Å². The monoisotopic (exact) mass is 1050 g/mol. The molecule has 67 heavy (non-hydrogen) atoms. The number of halogens is 6. The van der Waals surface area contributed by atoms with Crippen LogP contribution in [0.4, 0.5) is 24.5 Å². The molecule has 0 unspecified atom stereocenters. The fraction of sp³-hybridized carbons (Fsp3) is 0.426. The van der Waals surface area contributed by atoms with Crippen molar-refractivity contribution in [2.75, 3.05) is 81.5 Å². The smallest absolute Gasteiger partial charge is 0.380 e. The molecule has 3 aliphatic rings. The van der Waals surface area contributed by atoms with Gasteiger partial charge in [0.1, 0.15) is 4.90 Å². The molecule has 4 aromatic rings. The summed E-state index contributed by atoms with van der Waals surface area (Å²) in [5.41, 5.74) is -1.01. The van der Waals surface area contributed by atoms with E-state index in [1.54, 1.807) is 12.1 Å². The second-order valence-corrected chi connectivity index (χ2v) is 22.6. The Morgan fingerprint density at radius 1 is 0.851 bits per heavy atom. The number of amides is 1. The number of hydrogen-bond acceptors (Lipinski definition) is 11. The first-order chi connectivity index (χ1) is 30.9. The van der Waals surface area contributed by atoms with Gasteiger partial charge in [0, 0.05) is 85.3 Å². The molecular formula is C47H57Cl3F3N5O6S3. The average Bonchev–Trinajstić information content (AvgIpc) is 3.28. The standard InChI is InChI=1S/C47H55ClF3N5O6S3.2ClH/c1-46(2)20-18-42(34-8-12-37(48)13-9-34)36(31-46)32-55-22-24-56(25-23-55)39-14-10-35(11-15-39)45(57)53-65(60,61)41-16-17-43(44(30-41)64(58,59)47(49,50)51)52-38(19-21-54-26-28-62-29-27-54)33-63-40-6-4-3-5-7-40;;/h3-17,30,38,52H,18-29,31-33H2,1-2H3,(H,53,57);2*1H/t38-;;/m1../s1. The van der Waals surface area contributed by atoms with E-state index in [-0.39, 0.29) is 35.8 Å². The zero-order valence-corrected chi connectivity index (χ0v) is 42.1. The molecule has 0 bridgehead atoms. The van der Waals surface area contributed by atoms with Gasteiger partial charge >= 0.3 is 5.51 Å². The van der Waals surface area contributed by atoms with Crippen LogP contribution in [0.3, 0.4) is 0 Å². The van der Waals surface area contributed by atoms with E-state index in [0.29, 0.717) is 56.1 Å². The summed E-state index contributed by atoms with van der Waals surface area (Å²) in [4.78, 5) is 19.0. The Morgan fingerprint density at radius 3 is 2.15 bits per heavy atom. The number of rotatable bonds is 16. The summed E-state index contributed by atoms with van der Waals surface area (Å²) in [7, 11) is -10.9. The van der Waals surface area contributed by atoms with Gasteiger partial charge in [0.15, 0.2) is 0 Å². The number of nitrogens with one attached hydrogen (secondary N) is 2. The number of thioether (sulfide) groups is 1. The molecule has 4 aromatic carbocycles. The molecule has 0 spiro atoms. The maximum Gasteiger partial charge on any atom is 0.501 e. The molecule has 2 aliphatic heterocycles. The number of alkyl halides is 3. The molecule has 1 aliphatic carbocycles. The second-order valence-electron chi connectivity index (χ2n) is 17.5. The minimum absolute atomic E-state index is 0. The number of carbonyl (C=O) groups excluding carboxylic acids is 1. The topological polar surface area (TPSA) is 128 Å². The first-order valence-corrected chi connectivity index (χ1v) is 26.0. The van der Waals surface area contributed by atoms with Crippen molar-refractivity contribution < 1.29 is 39.5 Å². The Morgan fingerprint density at radius 2 is 1.51 bits per heavy atom. The van der Waals surface area contributed by atoms with E-state index in [1.165, 1.54) is 40.6 Å². The lowest BCUT2D eigenvalue weighted by molar-refractivity contribution is -0.0435. The van der Waals surface area contributed by atoms with Gasteiger partial charge in [0.25, 0.3) is 25.8 Å². The van der Waals surface area contributed by atoms with Crippen LogP contribution in [-0.4, -0.2) is 115 Å². The van der Waals surface area contributed by atoms with Crippen LogP contribution in [0.2, 0.25) is 5.02 Å². The van der Waals surface area contributed by atoms with Gasteiger partial charge in [-0.05, 0) is 109 Å². The number of piperazine rings is 1. The molecular weight excluding hydrogens is 990 g/mol. The van der Waals surface area contributed by atoms with Crippen LogP contribution in [0, 0.1) is 5.41 Å². The third kappa shape index (κ3) is 14.3. The first-order valence-electron chi connectivity index (χ1n) is 21.7. The number of sulfonamides is 1. The van der Waals surface area contributed by atoms with E-state index >= 15 is 0 Å².